The SMILES string of the molecule is CC(=O)c1cc(Br)ccc1OS(=O)(=O)c1ccc(F)c(C#N)c1. The maximum atomic E-state index is 13.3. The number of hydrogen-bond acceptors (Lipinski definition) is 5. The number of hydrogen-bond donors (Lipinski definition) is 0. The molecule has 0 radical (unpaired) electrons. The fraction of sp³-hybridized carbons (Fsp3) is 0.0667. The molecule has 23 heavy (non-hydrogen) atoms. The molecule has 8 heteroatoms. The van der Waals surface area contributed by atoms with Crippen molar-refractivity contribution in [3.8, 4) is 11.8 Å². The smallest absolute Gasteiger partial charge is 0.339 e. The third-order valence-electron chi connectivity index (χ3n) is 2.87. The number of carbonyl (C=O) groups is 1. The van der Waals surface area contributed by atoms with Gasteiger partial charge in [0, 0.05) is 4.47 Å². The van der Waals surface area contributed by atoms with Crippen LogP contribution in [0.25, 0.3) is 0 Å². The number of nitriles is 1. The van der Waals surface area contributed by atoms with Crippen molar-refractivity contribution in [2.75, 3.05) is 0 Å². The Morgan fingerprint density at radius 3 is 2.57 bits per heavy atom. The minimum atomic E-state index is -4.32. The Morgan fingerprint density at radius 2 is 1.96 bits per heavy atom. The van der Waals surface area contributed by atoms with Gasteiger partial charge in [-0.25, -0.2) is 4.39 Å². The molecule has 0 amide bonds. The molecular formula is C15H9BrFNO4S. The van der Waals surface area contributed by atoms with E-state index < -0.39 is 21.5 Å². The molecule has 0 unspecified atom stereocenters. The van der Waals surface area contributed by atoms with Crippen LogP contribution in [-0.2, 0) is 10.1 Å². The molecule has 0 bridgehead atoms. The van der Waals surface area contributed by atoms with Gasteiger partial charge in [-0.1, -0.05) is 15.9 Å². The summed E-state index contributed by atoms with van der Waals surface area (Å²) in [5, 5.41) is 8.77. The molecule has 0 heterocycles. The molecule has 0 saturated heterocycles. The Bertz CT molecular complexity index is 935. The summed E-state index contributed by atoms with van der Waals surface area (Å²) in [6.07, 6.45) is 0. The largest absolute Gasteiger partial charge is 0.378 e. The average molecular weight is 398 g/mol. The summed E-state index contributed by atoms with van der Waals surface area (Å²) in [5.74, 6) is -1.36. The third-order valence-corrected chi connectivity index (χ3v) is 4.59. The highest BCUT2D eigenvalue weighted by molar-refractivity contribution is 9.10. The number of carbonyl (C=O) groups excluding carboxylic acids is 1. The molecule has 0 atom stereocenters. The van der Waals surface area contributed by atoms with E-state index in [1.807, 2.05) is 0 Å². The van der Waals surface area contributed by atoms with Crippen LogP contribution in [0, 0.1) is 17.1 Å². The summed E-state index contributed by atoms with van der Waals surface area (Å²) in [4.78, 5) is 11.2. The Balaban J connectivity index is 2.48. The highest BCUT2D eigenvalue weighted by Gasteiger charge is 2.21. The lowest BCUT2D eigenvalue weighted by Gasteiger charge is -2.10. The van der Waals surface area contributed by atoms with Crippen LogP contribution in [0.2, 0.25) is 0 Å². The van der Waals surface area contributed by atoms with Crippen molar-refractivity contribution < 1.29 is 21.8 Å². The van der Waals surface area contributed by atoms with Gasteiger partial charge in [-0.05, 0) is 43.3 Å². The van der Waals surface area contributed by atoms with Crippen LogP contribution in [-0.4, -0.2) is 14.2 Å². The summed E-state index contributed by atoms with van der Waals surface area (Å²) in [7, 11) is -4.32. The molecular weight excluding hydrogens is 389 g/mol. The van der Waals surface area contributed by atoms with E-state index in [2.05, 4.69) is 15.9 Å². The van der Waals surface area contributed by atoms with Crippen LogP contribution in [0.5, 0.6) is 5.75 Å². The summed E-state index contributed by atoms with van der Waals surface area (Å²) in [6, 6.07) is 8.54. The molecule has 2 aromatic rings. The molecule has 0 N–H and O–H groups in total. The van der Waals surface area contributed by atoms with Crippen LogP contribution < -0.4 is 4.18 Å². The zero-order valence-electron chi connectivity index (χ0n) is 11.7. The minimum Gasteiger partial charge on any atom is -0.378 e. The molecule has 0 aromatic heterocycles. The molecule has 0 spiro atoms. The zero-order valence-corrected chi connectivity index (χ0v) is 14.1. The quantitative estimate of drug-likeness (QED) is 0.582. The minimum absolute atomic E-state index is 0.0746. The first kappa shape index (κ1) is 17.1. The third kappa shape index (κ3) is 3.75. The van der Waals surface area contributed by atoms with E-state index >= 15 is 0 Å². The first-order valence-corrected chi connectivity index (χ1v) is 8.39. The maximum absolute atomic E-state index is 13.3. The van der Waals surface area contributed by atoms with Gasteiger partial charge < -0.3 is 4.18 Å². The molecule has 0 aliphatic rings. The fourth-order valence-electron chi connectivity index (χ4n) is 1.76. The van der Waals surface area contributed by atoms with Gasteiger partial charge in [-0.15, -0.1) is 0 Å². The van der Waals surface area contributed by atoms with Crippen LogP contribution in [0.15, 0.2) is 45.8 Å². The molecule has 2 rings (SSSR count). The fourth-order valence-corrected chi connectivity index (χ4v) is 3.10. The number of ketones is 1. The zero-order chi connectivity index (χ0) is 17.2. The Morgan fingerprint density at radius 1 is 1.26 bits per heavy atom. The van der Waals surface area contributed by atoms with Crippen molar-refractivity contribution in [3.05, 3.63) is 57.8 Å². The average Bonchev–Trinajstić information content (AvgIpc) is 2.49. The number of halogens is 2. The van der Waals surface area contributed by atoms with Gasteiger partial charge in [0.1, 0.15) is 16.8 Å². The Kier molecular flexibility index (Phi) is 4.82. The van der Waals surface area contributed by atoms with Crippen molar-refractivity contribution in [2.24, 2.45) is 0 Å². The highest BCUT2D eigenvalue weighted by Crippen LogP contribution is 2.27. The summed E-state index contributed by atoms with van der Waals surface area (Å²) < 4.78 is 43.4. The number of nitrogens with zero attached hydrogens (tertiary/aromatic N) is 1. The number of benzene rings is 2. The first-order valence-electron chi connectivity index (χ1n) is 6.19. The second kappa shape index (κ2) is 6.48. The Labute approximate surface area is 140 Å². The van der Waals surface area contributed by atoms with Gasteiger partial charge in [0.25, 0.3) is 0 Å². The van der Waals surface area contributed by atoms with E-state index in [1.54, 1.807) is 6.07 Å². The van der Waals surface area contributed by atoms with E-state index in [9.17, 15) is 17.6 Å². The lowest BCUT2D eigenvalue weighted by atomic mass is 10.1. The first-order chi connectivity index (χ1) is 10.7. The molecule has 0 aliphatic heterocycles. The molecule has 5 nitrogen and oxygen atoms in total. The van der Waals surface area contributed by atoms with Crippen LogP contribution in [0.1, 0.15) is 22.8 Å². The van der Waals surface area contributed by atoms with Gasteiger partial charge in [-0.2, -0.15) is 13.7 Å². The molecule has 0 aliphatic carbocycles. The molecule has 0 fully saturated rings. The van der Waals surface area contributed by atoms with Crippen molar-refractivity contribution in [2.45, 2.75) is 11.8 Å². The normalized spacial score (nSPS) is 10.9. The number of Topliss-reactive ketones (excluding diaryl/α,β-unsaturated/α-hetero) is 1. The Hall–Kier alpha value is -2.24. The van der Waals surface area contributed by atoms with Gasteiger partial charge in [0.2, 0.25) is 0 Å². The van der Waals surface area contributed by atoms with E-state index in [4.69, 9.17) is 9.44 Å². The predicted octanol–water partition coefficient (Wildman–Crippen LogP) is 3.43. The van der Waals surface area contributed by atoms with Crippen LogP contribution in [0.3, 0.4) is 0 Å². The van der Waals surface area contributed by atoms with E-state index in [-0.39, 0.29) is 22.0 Å². The maximum Gasteiger partial charge on any atom is 0.339 e. The molecule has 2 aromatic carbocycles. The second-order valence-corrected chi connectivity index (χ2v) is 6.95. The van der Waals surface area contributed by atoms with Crippen molar-refractivity contribution in [3.63, 3.8) is 0 Å². The monoisotopic (exact) mass is 397 g/mol. The van der Waals surface area contributed by atoms with E-state index in [1.165, 1.54) is 25.1 Å². The van der Waals surface area contributed by atoms with Gasteiger partial charge in [-0.3, -0.25) is 4.79 Å². The van der Waals surface area contributed by atoms with E-state index in [0.29, 0.717) is 4.47 Å². The standard InChI is InChI=1S/C15H9BrFNO4S/c1-9(19)13-7-11(16)2-5-15(13)22-23(20,21)12-3-4-14(17)10(6-12)8-18/h2-7H,1H3. The summed E-state index contributed by atoms with van der Waals surface area (Å²) >= 11 is 3.18. The highest BCUT2D eigenvalue weighted by atomic mass is 79.9. The van der Waals surface area contributed by atoms with Crippen molar-refractivity contribution in [1.29, 1.82) is 5.26 Å². The van der Waals surface area contributed by atoms with Crippen LogP contribution >= 0.6 is 15.9 Å². The number of rotatable bonds is 4. The molecule has 0 saturated carbocycles. The van der Waals surface area contributed by atoms with E-state index in [0.717, 1.165) is 18.2 Å². The van der Waals surface area contributed by atoms with Gasteiger partial charge in [0.05, 0.1) is 11.1 Å². The predicted molar refractivity (Wildman–Crippen MR) is 83.1 cm³/mol. The summed E-state index contributed by atoms with van der Waals surface area (Å²) in [5.41, 5.74) is -0.345. The summed E-state index contributed by atoms with van der Waals surface area (Å²) in [6.45, 7) is 1.27. The lowest BCUT2D eigenvalue weighted by Crippen LogP contribution is -2.12. The molecule has 118 valence electrons. The van der Waals surface area contributed by atoms with Crippen molar-refractivity contribution in [1.82, 2.24) is 0 Å². The topological polar surface area (TPSA) is 84.2 Å². The van der Waals surface area contributed by atoms with Gasteiger partial charge in [0.15, 0.2) is 11.5 Å². The van der Waals surface area contributed by atoms with Gasteiger partial charge >= 0.3 is 10.1 Å². The second-order valence-electron chi connectivity index (χ2n) is 4.49. The van der Waals surface area contributed by atoms with Crippen LogP contribution in [0.4, 0.5) is 4.39 Å². The van der Waals surface area contributed by atoms with Crippen molar-refractivity contribution >= 4 is 31.8 Å². The lowest BCUT2D eigenvalue weighted by molar-refractivity contribution is 0.101.